The van der Waals surface area contributed by atoms with Gasteiger partial charge in [-0.15, -0.1) is 0 Å². The fourth-order valence-electron chi connectivity index (χ4n) is 3.06. The first kappa shape index (κ1) is 13.9. The van der Waals surface area contributed by atoms with Crippen LogP contribution in [0.5, 0.6) is 0 Å². The Kier molecular flexibility index (Phi) is 3.73. The van der Waals surface area contributed by atoms with Crippen molar-refractivity contribution in [3.63, 3.8) is 0 Å². The van der Waals surface area contributed by atoms with E-state index < -0.39 is 0 Å². The molecule has 0 spiro atoms. The Labute approximate surface area is 136 Å². The molecule has 2 heteroatoms. The summed E-state index contributed by atoms with van der Waals surface area (Å²) < 4.78 is 0. The molecule has 2 aromatic rings. The van der Waals surface area contributed by atoms with Gasteiger partial charge in [0.05, 0.1) is 11.4 Å². The third-order valence-electron chi connectivity index (χ3n) is 4.22. The molecule has 0 saturated heterocycles. The number of hydrogen-bond donors (Lipinski definition) is 0. The van der Waals surface area contributed by atoms with Crippen molar-refractivity contribution in [2.45, 2.75) is 19.3 Å². The standard InChI is InChI=1S/C21H18N2/c1-5-16(14-18(7-1)20-9-3-11-22-20)13-17-6-2-8-19(15-17)21-10-4-12-23-21/h1-8,11-12,14-15H,9-10,13H2. The summed E-state index contributed by atoms with van der Waals surface area (Å²) in [7, 11) is 0. The molecule has 0 bridgehead atoms. The summed E-state index contributed by atoms with van der Waals surface area (Å²) in [5.41, 5.74) is 7.42. The van der Waals surface area contributed by atoms with Crippen LogP contribution in [0, 0.1) is 0 Å². The molecule has 2 aliphatic rings. The Morgan fingerprint density at radius 2 is 1.22 bits per heavy atom. The van der Waals surface area contributed by atoms with Gasteiger partial charge in [0.15, 0.2) is 0 Å². The fraction of sp³-hybridized carbons (Fsp3) is 0.143. The first-order valence-electron chi connectivity index (χ1n) is 8.00. The molecule has 112 valence electrons. The summed E-state index contributed by atoms with van der Waals surface area (Å²) in [4.78, 5) is 8.87. The van der Waals surface area contributed by atoms with E-state index in [2.05, 4.69) is 70.7 Å². The highest BCUT2D eigenvalue weighted by Crippen LogP contribution is 2.18. The van der Waals surface area contributed by atoms with Crippen molar-refractivity contribution in [1.29, 1.82) is 0 Å². The first-order valence-corrected chi connectivity index (χ1v) is 8.00. The van der Waals surface area contributed by atoms with E-state index in [1.807, 2.05) is 12.4 Å². The molecule has 2 aliphatic heterocycles. The second-order valence-corrected chi connectivity index (χ2v) is 5.91. The van der Waals surface area contributed by atoms with Gasteiger partial charge in [-0.3, -0.25) is 9.98 Å². The number of nitrogens with zero attached hydrogens (tertiary/aromatic N) is 2. The largest absolute Gasteiger partial charge is 0.261 e. The SMILES string of the molecule is C1=CN=C(c2cccc(Cc3cccc(C4=NC=CC4)c3)c2)C1. The maximum absolute atomic E-state index is 4.43. The zero-order chi connectivity index (χ0) is 15.5. The third-order valence-corrected chi connectivity index (χ3v) is 4.22. The smallest absolute Gasteiger partial charge is 0.0514 e. The Bertz CT molecular complexity index is 782. The highest BCUT2D eigenvalue weighted by atomic mass is 14.7. The number of benzene rings is 2. The molecule has 23 heavy (non-hydrogen) atoms. The van der Waals surface area contributed by atoms with E-state index in [0.717, 1.165) is 30.7 Å². The van der Waals surface area contributed by atoms with Gasteiger partial charge in [0.2, 0.25) is 0 Å². The lowest BCUT2D eigenvalue weighted by Crippen LogP contribution is -2.00. The summed E-state index contributed by atoms with van der Waals surface area (Å²) >= 11 is 0. The average molecular weight is 298 g/mol. The molecule has 0 radical (unpaired) electrons. The van der Waals surface area contributed by atoms with Crippen LogP contribution < -0.4 is 0 Å². The zero-order valence-electron chi connectivity index (χ0n) is 12.9. The second-order valence-electron chi connectivity index (χ2n) is 5.91. The van der Waals surface area contributed by atoms with Gasteiger partial charge in [-0.25, -0.2) is 0 Å². The van der Waals surface area contributed by atoms with E-state index in [1.165, 1.54) is 22.3 Å². The highest BCUT2D eigenvalue weighted by molar-refractivity contribution is 6.03. The Morgan fingerprint density at radius 3 is 1.65 bits per heavy atom. The van der Waals surface area contributed by atoms with E-state index >= 15 is 0 Å². The minimum absolute atomic E-state index is 0.934. The monoisotopic (exact) mass is 298 g/mol. The molecular weight excluding hydrogens is 280 g/mol. The predicted molar refractivity (Wildman–Crippen MR) is 96.3 cm³/mol. The van der Waals surface area contributed by atoms with Crippen LogP contribution in [0.3, 0.4) is 0 Å². The molecule has 2 heterocycles. The zero-order valence-corrected chi connectivity index (χ0v) is 12.9. The van der Waals surface area contributed by atoms with Crippen LogP contribution in [0.1, 0.15) is 35.1 Å². The molecule has 0 unspecified atom stereocenters. The highest BCUT2D eigenvalue weighted by Gasteiger charge is 2.08. The molecule has 2 aromatic carbocycles. The molecule has 4 rings (SSSR count). The number of rotatable bonds is 4. The van der Waals surface area contributed by atoms with Crippen molar-refractivity contribution in [2.24, 2.45) is 9.98 Å². The fourth-order valence-corrected chi connectivity index (χ4v) is 3.06. The van der Waals surface area contributed by atoms with Crippen LogP contribution in [0.4, 0.5) is 0 Å². The van der Waals surface area contributed by atoms with E-state index in [0.29, 0.717) is 0 Å². The van der Waals surface area contributed by atoms with Gasteiger partial charge in [0.1, 0.15) is 0 Å². The lowest BCUT2D eigenvalue weighted by atomic mass is 9.98. The van der Waals surface area contributed by atoms with Crippen molar-refractivity contribution in [3.05, 3.63) is 95.3 Å². The van der Waals surface area contributed by atoms with E-state index in [4.69, 9.17) is 0 Å². The van der Waals surface area contributed by atoms with Crippen molar-refractivity contribution in [3.8, 4) is 0 Å². The Morgan fingerprint density at radius 1 is 0.696 bits per heavy atom. The topological polar surface area (TPSA) is 24.7 Å². The predicted octanol–water partition coefficient (Wildman–Crippen LogP) is 4.69. The quantitative estimate of drug-likeness (QED) is 0.782. The lowest BCUT2D eigenvalue weighted by molar-refractivity contribution is 1.19. The van der Waals surface area contributed by atoms with Gasteiger partial charge in [-0.1, -0.05) is 48.6 Å². The van der Waals surface area contributed by atoms with E-state index in [9.17, 15) is 0 Å². The number of hydrogen-bond acceptors (Lipinski definition) is 2. The van der Waals surface area contributed by atoms with Crippen molar-refractivity contribution in [1.82, 2.24) is 0 Å². The maximum atomic E-state index is 4.43. The summed E-state index contributed by atoms with van der Waals surface area (Å²) in [6, 6.07) is 17.4. The van der Waals surface area contributed by atoms with Gasteiger partial charge < -0.3 is 0 Å². The third kappa shape index (κ3) is 3.07. The van der Waals surface area contributed by atoms with Crippen LogP contribution in [-0.4, -0.2) is 11.4 Å². The van der Waals surface area contributed by atoms with Gasteiger partial charge in [-0.05, 0) is 40.8 Å². The summed E-state index contributed by atoms with van der Waals surface area (Å²) in [5.74, 6) is 0. The molecule has 0 aromatic heterocycles. The van der Waals surface area contributed by atoms with Gasteiger partial charge in [0, 0.05) is 25.2 Å². The molecule has 0 fully saturated rings. The summed E-state index contributed by atoms with van der Waals surface area (Å²) in [6.45, 7) is 0. The second kappa shape index (κ2) is 6.17. The lowest BCUT2D eigenvalue weighted by Gasteiger charge is -2.08. The molecule has 0 atom stereocenters. The summed E-state index contributed by atoms with van der Waals surface area (Å²) in [6.07, 6.45) is 10.8. The average Bonchev–Trinajstić information content (AvgIpc) is 3.29. The van der Waals surface area contributed by atoms with E-state index in [1.54, 1.807) is 0 Å². The number of aliphatic imine (C=N–C) groups is 2. The van der Waals surface area contributed by atoms with Crippen molar-refractivity contribution in [2.75, 3.05) is 0 Å². The normalized spacial score (nSPS) is 15.8. The molecule has 0 N–H and O–H groups in total. The van der Waals surface area contributed by atoms with Gasteiger partial charge >= 0.3 is 0 Å². The Hall–Kier alpha value is -2.74. The van der Waals surface area contributed by atoms with E-state index in [-0.39, 0.29) is 0 Å². The minimum atomic E-state index is 0.934. The Balaban J connectivity index is 1.56. The van der Waals surface area contributed by atoms with Crippen LogP contribution in [-0.2, 0) is 6.42 Å². The van der Waals surface area contributed by atoms with Gasteiger partial charge in [-0.2, -0.15) is 0 Å². The van der Waals surface area contributed by atoms with Gasteiger partial charge in [0.25, 0.3) is 0 Å². The molecule has 0 aliphatic carbocycles. The van der Waals surface area contributed by atoms with Crippen LogP contribution in [0.2, 0.25) is 0 Å². The molecule has 0 saturated carbocycles. The molecule has 0 amide bonds. The van der Waals surface area contributed by atoms with Crippen molar-refractivity contribution < 1.29 is 0 Å². The maximum Gasteiger partial charge on any atom is 0.0514 e. The van der Waals surface area contributed by atoms with Crippen LogP contribution in [0.15, 0.2) is 83.1 Å². The number of allylic oxidation sites excluding steroid dienone is 2. The summed E-state index contributed by atoms with van der Waals surface area (Å²) in [5, 5.41) is 0. The first-order chi connectivity index (χ1) is 11.4. The van der Waals surface area contributed by atoms with Crippen molar-refractivity contribution >= 4 is 11.4 Å². The van der Waals surface area contributed by atoms with Crippen LogP contribution >= 0.6 is 0 Å². The molecular formula is C21H18N2. The minimum Gasteiger partial charge on any atom is -0.261 e. The van der Waals surface area contributed by atoms with Crippen LogP contribution in [0.25, 0.3) is 0 Å². The molecule has 2 nitrogen and oxygen atoms in total.